The van der Waals surface area contributed by atoms with Gasteiger partial charge in [-0.15, -0.1) is 0 Å². The molecule has 110 valence electrons. The van der Waals surface area contributed by atoms with Crippen LogP contribution in [0.1, 0.15) is 24.0 Å². The van der Waals surface area contributed by atoms with Crippen molar-refractivity contribution in [2.75, 3.05) is 13.1 Å². The van der Waals surface area contributed by atoms with E-state index in [-0.39, 0.29) is 6.10 Å². The molecule has 3 heteroatoms. The van der Waals surface area contributed by atoms with Crippen molar-refractivity contribution in [3.63, 3.8) is 0 Å². The number of rotatable bonds is 5. The lowest BCUT2D eigenvalue weighted by molar-refractivity contribution is 0.227. The van der Waals surface area contributed by atoms with E-state index in [1.54, 1.807) is 0 Å². The van der Waals surface area contributed by atoms with Gasteiger partial charge in [0.2, 0.25) is 0 Å². The van der Waals surface area contributed by atoms with Crippen LogP contribution in [-0.4, -0.2) is 19.2 Å². The van der Waals surface area contributed by atoms with Gasteiger partial charge >= 0.3 is 0 Å². The SMILES string of the molecule is CC(CNCC1Cc2cc(Cl)ccc2O1)c1ccccc1. The summed E-state index contributed by atoms with van der Waals surface area (Å²) < 4.78 is 5.93. The molecule has 0 saturated heterocycles. The Bertz CT molecular complexity index is 599. The first-order chi connectivity index (χ1) is 10.2. The second-order valence-electron chi connectivity index (χ2n) is 5.67. The van der Waals surface area contributed by atoms with E-state index >= 15 is 0 Å². The fraction of sp³-hybridized carbons (Fsp3) is 0.333. The van der Waals surface area contributed by atoms with Crippen LogP contribution in [0.5, 0.6) is 5.75 Å². The van der Waals surface area contributed by atoms with Crippen LogP contribution in [0.2, 0.25) is 5.02 Å². The molecular weight excluding hydrogens is 282 g/mol. The highest BCUT2D eigenvalue weighted by Crippen LogP contribution is 2.30. The average Bonchev–Trinajstić information content (AvgIpc) is 2.89. The standard InChI is InChI=1S/C18H20ClNO/c1-13(14-5-3-2-4-6-14)11-20-12-17-10-15-9-16(19)7-8-18(15)21-17/h2-9,13,17,20H,10-12H2,1H3. The summed E-state index contributed by atoms with van der Waals surface area (Å²) in [6.07, 6.45) is 1.14. The van der Waals surface area contributed by atoms with Gasteiger partial charge in [-0.3, -0.25) is 0 Å². The molecule has 1 N–H and O–H groups in total. The van der Waals surface area contributed by atoms with Crippen LogP contribution >= 0.6 is 11.6 Å². The maximum Gasteiger partial charge on any atom is 0.123 e. The van der Waals surface area contributed by atoms with Crippen molar-refractivity contribution in [1.29, 1.82) is 0 Å². The molecular formula is C18H20ClNO. The molecule has 0 bridgehead atoms. The van der Waals surface area contributed by atoms with Crippen LogP contribution in [0.15, 0.2) is 48.5 Å². The van der Waals surface area contributed by atoms with E-state index in [2.05, 4.69) is 42.6 Å². The molecule has 21 heavy (non-hydrogen) atoms. The zero-order valence-corrected chi connectivity index (χ0v) is 12.9. The Hall–Kier alpha value is -1.51. The highest BCUT2D eigenvalue weighted by atomic mass is 35.5. The van der Waals surface area contributed by atoms with Gasteiger partial charge in [0.05, 0.1) is 0 Å². The largest absolute Gasteiger partial charge is 0.488 e. The first-order valence-electron chi connectivity index (χ1n) is 7.43. The van der Waals surface area contributed by atoms with Gasteiger partial charge in [-0.1, -0.05) is 48.9 Å². The third-order valence-corrected chi connectivity index (χ3v) is 4.19. The van der Waals surface area contributed by atoms with Gasteiger partial charge in [-0.25, -0.2) is 0 Å². The quantitative estimate of drug-likeness (QED) is 0.900. The minimum atomic E-state index is 0.210. The van der Waals surface area contributed by atoms with E-state index in [1.165, 1.54) is 11.1 Å². The predicted molar refractivity (Wildman–Crippen MR) is 87.3 cm³/mol. The second-order valence-corrected chi connectivity index (χ2v) is 6.10. The average molecular weight is 302 g/mol. The smallest absolute Gasteiger partial charge is 0.123 e. The van der Waals surface area contributed by atoms with Crippen LogP contribution in [0.4, 0.5) is 0 Å². The third kappa shape index (κ3) is 3.58. The van der Waals surface area contributed by atoms with Crippen molar-refractivity contribution in [2.24, 2.45) is 0 Å². The number of ether oxygens (including phenoxy) is 1. The van der Waals surface area contributed by atoms with Gasteiger partial charge in [0, 0.05) is 24.5 Å². The molecule has 1 aliphatic rings. The predicted octanol–water partition coefficient (Wildman–Crippen LogP) is 4.04. The topological polar surface area (TPSA) is 21.3 Å². The van der Waals surface area contributed by atoms with Crippen molar-refractivity contribution in [1.82, 2.24) is 5.32 Å². The van der Waals surface area contributed by atoms with Crippen LogP contribution in [0.3, 0.4) is 0 Å². The molecule has 3 rings (SSSR count). The summed E-state index contributed by atoms with van der Waals surface area (Å²) in [6.45, 7) is 4.07. The molecule has 0 saturated carbocycles. The number of hydrogen-bond donors (Lipinski definition) is 1. The lowest BCUT2D eigenvalue weighted by atomic mass is 10.0. The number of hydrogen-bond acceptors (Lipinski definition) is 2. The van der Waals surface area contributed by atoms with Crippen LogP contribution < -0.4 is 10.1 Å². The molecule has 1 aliphatic heterocycles. The van der Waals surface area contributed by atoms with E-state index in [1.807, 2.05) is 18.2 Å². The molecule has 2 unspecified atom stereocenters. The first-order valence-corrected chi connectivity index (χ1v) is 7.81. The van der Waals surface area contributed by atoms with Gasteiger partial charge in [0.1, 0.15) is 11.9 Å². The second kappa shape index (κ2) is 6.50. The van der Waals surface area contributed by atoms with Gasteiger partial charge in [-0.2, -0.15) is 0 Å². The van der Waals surface area contributed by atoms with Gasteiger partial charge in [0.25, 0.3) is 0 Å². The van der Waals surface area contributed by atoms with E-state index in [0.717, 1.165) is 30.3 Å². The summed E-state index contributed by atoms with van der Waals surface area (Å²) in [6, 6.07) is 16.4. The van der Waals surface area contributed by atoms with Crippen LogP contribution in [0, 0.1) is 0 Å². The molecule has 0 aromatic heterocycles. The normalized spacial score (nSPS) is 18.1. The van der Waals surface area contributed by atoms with Crippen molar-refractivity contribution in [2.45, 2.75) is 25.4 Å². The summed E-state index contributed by atoms with van der Waals surface area (Å²) in [7, 11) is 0. The molecule has 0 fully saturated rings. The van der Waals surface area contributed by atoms with E-state index in [0.29, 0.717) is 5.92 Å². The molecule has 1 heterocycles. The summed E-state index contributed by atoms with van der Waals surface area (Å²) in [5.74, 6) is 1.48. The zero-order valence-electron chi connectivity index (χ0n) is 12.2. The molecule has 2 nitrogen and oxygen atoms in total. The molecule has 0 amide bonds. The Kier molecular flexibility index (Phi) is 4.47. The Labute approximate surface area is 131 Å². The number of benzene rings is 2. The summed E-state index contributed by atoms with van der Waals surface area (Å²) in [4.78, 5) is 0. The maximum atomic E-state index is 6.01. The van der Waals surface area contributed by atoms with Crippen molar-refractivity contribution in [3.8, 4) is 5.75 Å². The minimum Gasteiger partial charge on any atom is -0.488 e. The summed E-state index contributed by atoms with van der Waals surface area (Å²) >= 11 is 6.01. The minimum absolute atomic E-state index is 0.210. The summed E-state index contributed by atoms with van der Waals surface area (Å²) in [5.41, 5.74) is 2.58. The first kappa shape index (κ1) is 14.4. The Morgan fingerprint density at radius 1 is 1.24 bits per heavy atom. The van der Waals surface area contributed by atoms with E-state index in [4.69, 9.17) is 16.3 Å². The molecule has 0 aliphatic carbocycles. The highest BCUT2D eigenvalue weighted by Gasteiger charge is 2.22. The van der Waals surface area contributed by atoms with Crippen molar-refractivity contribution >= 4 is 11.6 Å². The van der Waals surface area contributed by atoms with E-state index in [9.17, 15) is 0 Å². The zero-order chi connectivity index (χ0) is 14.7. The van der Waals surface area contributed by atoms with Crippen LogP contribution in [0.25, 0.3) is 0 Å². The molecule has 0 radical (unpaired) electrons. The Balaban J connectivity index is 1.47. The fourth-order valence-electron chi connectivity index (χ4n) is 2.76. The maximum absolute atomic E-state index is 6.01. The van der Waals surface area contributed by atoms with Gasteiger partial charge < -0.3 is 10.1 Å². The molecule has 2 aromatic carbocycles. The Morgan fingerprint density at radius 2 is 2.05 bits per heavy atom. The lowest BCUT2D eigenvalue weighted by Crippen LogP contribution is -2.32. The van der Waals surface area contributed by atoms with Crippen LogP contribution in [-0.2, 0) is 6.42 Å². The van der Waals surface area contributed by atoms with Crippen molar-refractivity contribution < 1.29 is 4.74 Å². The van der Waals surface area contributed by atoms with Gasteiger partial charge in [0.15, 0.2) is 0 Å². The molecule has 0 spiro atoms. The highest BCUT2D eigenvalue weighted by molar-refractivity contribution is 6.30. The number of nitrogens with one attached hydrogen (secondary N) is 1. The van der Waals surface area contributed by atoms with Gasteiger partial charge in [-0.05, 0) is 35.2 Å². The fourth-order valence-corrected chi connectivity index (χ4v) is 2.96. The van der Waals surface area contributed by atoms with Crippen molar-refractivity contribution in [3.05, 3.63) is 64.7 Å². The molecule has 2 aromatic rings. The lowest BCUT2D eigenvalue weighted by Gasteiger charge is -2.16. The number of fused-ring (bicyclic) bond motifs is 1. The monoisotopic (exact) mass is 301 g/mol. The third-order valence-electron chi connectivity index (χ3n) is 3.95. The Morgan fingerprint density at radius 3 is 2.86 bits per heavy atom. The summed E-state index contributed by atoms with van der Waals surface area (Å²) in [5, 5.41) is 4.30. The van der Waals surface area contributed by atoms with E-state index < -0.39 is 0 Å². The number of halogens is 1. The molecule has 2 atom stereocenters.